The average Bonchev–Trinajstić information content (AvgIpc) is 3.28. The number of aliphatic hydroxyl groups excluding tert-OH is 2. The molecule has 0 aliphatic rings. The molecule has 0 fully saturated rings. The third kappa shape index (κ3) is 46.4. The first-order valence-electron chi connectivity index (χ1n) is 27.7. The van der Waals surface area contributed by atoms with E-state index in [2.05, 4.69) is 62.5 Å². The molecule has 3 atom stereocenters. The first-order chi connectivity index (χ1) is 31.0. The fourth-order valence-corrected chi connectivity index (χ4v) is 8.56. The second kappa shape index (κ2) is 51.1. The summed E-state index contributed by atoms with van der Waals surface area (Å²) >= 11 is 0. The maximum atomic E-state index is 13.2. The van der Waals surface area contributed by atoms with E-state index in [1.165, 1.54) is 167 Å². The molecule has 0 saturated heterocycles. The van der Waals surface area contributed by atoms with E-state index >= 15 is 0 Å². The Hall–Kier alpha value is -1.92. The average molecular weight is 886 g/mol. The largest absolute Gasteiger partial charge is 0.462 e. The Bertz CT molecular complexity index is 1040. The molecule has 6 nitrogen and oxygen atoms in total. The molecule has 0 radical (unpaired) electrons. The van der Waals surface area contributed by atoms with E-state index in [-0.39, 0.29) is 24.9 Å². The molecule has 0 rings (SSSR count). The van der Waals surface area contributed by atoms with Crippen LogP contribution in [0.25, 0.3) is 0 Å². The number of hydrogen-bond donors (Lipinski definition) is 3. The molecule has 0 aromatic carbocycles. The highest BCUT2D eigenvalue weighted by Crippen LogP contribution is 2.18. The molecule has 63 heavy (non-hydrogen) atoms. The first-order valence-corrected chi connectivity index (χ1v) is 27.7. The normalized spacial score (nSPS) is 13.4. The van der Waals surface area contributed by atoms with Gasteiger partial charge in [-0.2, -0.15) is 0 Å². The van der Waals surface area contributed by atoms with Crippen LogP contribution in [0.1, 0.15) is 290 Å². The molecule has 3 N–H and O–H groups in total. The van der Waals surface area contributed by atoms with Gasteiger partial charge in [0.15, 0.2) is 0 Å². The van der Waals surface area contributed by atoms with Gasteiger partial charge in [-0.25, -0.2) is 0 Å². The summed E-state index contributed by atoms with van der Waals surface area (Å²) in [5.41, 5.74) is 0. The Kier molecular flexibility index (Phi) is 49.5. The molecule has 0 heterocycles. The fourth-order valence-electron chi connectivity index (χ4n) is 8.56. The summed E-state index contributed by atoms with van der Waals surface area (Å²) in [6.07, 6.45) is 60.7. The number of carbonyl (C=O) groups is 2. The second-order valence-electron chi connectivity index (χ2n) is 19.0. The van der Waals surface area contributed by atoms with Gasteiger partial charge < -0.3 is 20.3 Å². The summed E-state index contributed by atoms with van der Waals surface area (Å²) in [6.45, 7) is 6.39. The van der Waals surface area contributed by atoms with Crippen molar-refractivity contribution in [1.82, 2.24) is 5.32 Å². The molecule has 0 saturated carbocycles. The molecule has 0 aromatic heterocycles. The zero-order valence-corrected chi connectivity index (χ0v) is 42.2. The Morgan fingerprint density at radius 1 is 0.476 bits per heavy atom. The molecule has 370 valence electrons. The third-order valence-corrected chi connectivity index (χ3v) is 12.7. The molecule has 0 spiro atoms. The van der Waals surface area contributed by atoms with E-state index in [9.17, 15) is 19.8 Å². The van der Waals surface area contributed by atoms with Crippen LogP contribution in [0.3, 0.4) is 0 Å². The molecule has 0 aliphatic heterocycles. The van der Waals surface area contributed by atoms with Crippen LogP contribution in [0.15, 0.2) is 36.5 Å². The lowest BCUT2D eigenvalue weighted by atomic mass is 10.0. The minimum Gasteiger partial charge on any atom is -0.462 e. The van der Waals surface area contributed by atoms with Crippen LogP contribution in [0.5, 0.6) is 0 Å². The van der Waals surface area contributed by atoms with Crippen LogP contribution in [0.4, 0.5) is 0 Å². The summed E-state index contributed by atoms with van der Waals surface area (Å²) < 4.78 is 5.93. The predicted octanol–water partition coefficient (Wildman–Crippen LogP) is 16.8. The molecule has 1 amide bonds. The lowest BCUT2D eigenvalue weighted by Crippen LogP contribution is -2.46. The number of allylic oxidation sites excluding steroid dienone is 6. The lowest BCUT2D eigenvalue weighted by molar-refractivity contribution is -0.151. The third-order valence-electron chi connectivity index (χ3n) is 12.7. The Labute approximate surface area is 392 Å². The van der Waals surface area contributed by atoms with Gasteiger partial charge in [0.05, 0.1) is 25.2 Å². The van der Waals surface area contributed by atoms with Crippen LogP contribution in [-0.2, 0) is 14.3 Å². The van der Waals surface area contributed by atoms with E-state index in [4.69, 9.17) is 4.74 Å². The van der Waals surface area contributed by atoms with Gasteiger partial charge in [0.1, 0.15) is 6.10 Å². The number of rotatable bonds is 50. The summed E-state index contributed by atoms with van der Waals surface area (Å²) in [7, 11) is 0. The van der Waals surface area contributed by atoms with E-state index in [1.807, 2.05) is 0 Å². The van der Waals surface area contributed by atoms with Crippen molar-refractivity contribution in [1.29, 1.82) is 0 Å². The quantitative estimate of drug-likeness (QED) is 0.0321. The monoisotopic (exact) mass is 886 g/mol. The lowest BCUT2D eigenvalue weighted by Gasteiger charge is -2.24. The van der Waals surface area contributed by atoms with Crippen molar-refractivity contribution < 1.29 is 24.5 Å². The SMILES string of the molecule is CC/C=C/C/C=C/C/C=C/CCCCC(CC(=O)NC(CO)C(O)CCCCCCCCCCCCCCCCC)OC(=O)CCCCCCCCCCCCCCCCCCC. The molecule has 6 heteroatoms. The number of unbranched alkanes of at least 4 members (excludes halogenated alkanes) is 32. The van der Waals surface area contributed by atoms with Gasteiger partial charge in [-0.1, -0.05) is 256 Å². The number of nitrogens with one attached hydrogen (secondary N) is 1. The van der Waals surface area contributed by atoms with Crippen molar-refractivity contribution >= 4 is 11.9 Å². The molecule has 3 unspecified atom stereocenters. The molecular weight excluding hydrogens is 779 g/mol. The number of amides is 1. The zero-order chi connectivity index (χ0) is 45.9. The summed E-state index contributed by atoms with van der Waals surface area (Å²) in [4.78, 5) is 26.2. The van der Waals surface area contributed by atoms with Crippen molar-refractivity contribution in [2.75, 3.05) is 6.61 Å². The standard InChI is InChI=1S/C57H107NO5/c1-4-7-10-13-16-19-22-25-27-28-30-32-35-38-41-44-47-50-57(62)63-53(48-45-42-39-36-33-24-21-18-15-12-9-6-3)51-56(61)58-54(52-59)55(60)49-46-43-40-37-34-31-29-26-23-20-17-14-11-8-5-2/h9,12,18,21,33,36,53-55,59-60H,4-8,10-11,13-17,19-20,22-32,34-35,37-52H2,1-3H3,(H,58,61)/b12-9+,21-18+,36-33+. The maximum Gasteiger partial charge on any atom is 0.306 e. The van der Waals surface area contributed by atoms with Crippen molar-refractivity contribution in [2.45, 2.75) is 309 Å². The maximum absolute atomic E-state index is 13.2. The minimum absolute atomic E-state index is 0.0556. The Morgan fingerprint density at radius 3 is 1.29 bits per heavy atom. The Morgan fingerprint density at radius 2 is 0.857 bits per heavy atom. The smallest absolute Gasteiger partial charge is 0.306 e. The second-order valence-corrected chi connectivity index (χ2v) is 19.0. The highest BCUT2D eigenvalue weighted by atomic mass is 16.5. The highest BCUT2D eigenvalue weighted by Gasteiger charge is 2.24. The van der Waals surface area contributed by atoms with E-state index < -0.39 is 18.2 Å². The minimum atomic E-state index is -0.795. The van der Waals surface area contributed by atoms with Gasteiger partial charge in [-0.15, -0.1) is 0 Å². The van der Waals surface area contributed by atoms with E-state index in [0.29, 0.717) is 19.3 Å². The van der Waals surface area contributed by atoms with Crippen molar-refractivity contribution in [3.05, 3.63) is 36.5 Å². The van der Waals surface area contributed by atoms with Gasteiger partial charge >= 0.3 is 5.97 Å². The van der Waals surface area contributed by atoms with Crippen LogP contribution >= 0.6 is 0 Å². The molecular formula is C57H107NO5. The van der Waals surface area contributed by atoms with Crippen LogP contribution in [0, 0.1) is 0 Å². The topological polar surface area (TPSA) is 95.9 Å². The molecule has 0 aromatic rings. The predicted molar refractivity (Wildman–Crippen MR) is 273 cm³/mol. The summed E-state index contributed by atoms with van der Waals surface area (Å²) in [6, 6.07) is -0.711. The van der Waals surface area contributed by atoms with Gasteiger partial charge in [-0.05, 0) is 57.8 Å². The first kappa shape index (κ1) is 61.1. The van der Waals surface area contributed by atoms with Crippen LogP contribution < -0.4 is 5.32 Å². The van der Waals surface area contributed by atoms with Gasteiger partial charge in [0.25, 0.3) is 0 Å². The van der Waals surface area contributed by atoms with Crippen molar-refractivity contribution in [3.63, 3.8) is 0 Å². The summed E-state index contributed by atoms with van der Waals surface area (Å²) in [5, 5.41) is 23.8. The molecule has 0 bridgehead atoms. The van der Waals surface area contributed by atoms with Crippen LogP contribution in [-0.4, -0.2) is 46.9 Å². The Balaban J connectivity index is 4.51. The van der Waals surface area contributed by atoms with Gasteiger partial charge in [-0.3, -0.25) is 9.59 Å². The van der Waals surface area contributed by atoms with Gasteiger partial charge in [0, 0.05) is 6.42 Å². The molecule has 0 aliphatic carbocycles. The number of ether oxygens (including phenoxy) is 1. The van der Waals surface area contributed by atoms with Gasteiger partial charge in [0.2, 0.25) is 5.91 Å². The summed E-state index contributed by atoms with van der Waals surface area (Å²) in [5.74, 6) is -0.498. The van der Waals surface area contributed by atoms with Crippen molar-refractivity contribution in [3.8, 4) is 0 Å². The fraction of sp³-hybridized carbons (Fsp3) is 0.860. The number of aliphatic hydroxyl groups is 2. The van der Waals surface area contributed by atoms with E-state index in [1.54, 1.807) is 0 Å². The zero-order valence-electron chi connectivity index (χ0n) is 42.2. The number of carbonyl (C=O) groups excluding carboxylic acids is 2. The number of hydrogen-bond acceptors (Lipinski definition) is 5. The number of esters is 1. The van der Waals surface area contributed by atoms with E-state index in [0.717, 1.165) is 77.0 Å². The van der Waals surface area contributed by atoms with Crippen LogP contribution in [0.2, 0.25) is 0 Å². The van der Waals surface area contributed by atoms with Crippen molar-refractivity contribution in [2.24, 2.45) is 0 Å². The highest BCUT2D eigenvalue weighted by molar-refractivity contribution is 5.77.